The van der Waals surface area contributed by atoms with Crippen LogP contribution < -0.4 is 0 Å². The molecule has 136 valence electrons. The smallest absolute Gasteiger partial charge is 0.266 e. The number of amides is 1. The number of carbonyl (C=O) groups is 1. The molecule has 0 spiro atoms. The van der Waals surface area contributed by atoms with E-state index in [9.17, 15) is 4.79 Å². The third kappa shape index (κ3) is 3.85. The van der Waals surface area contributed by atoms with Crippen LogP contribution in [0.3, 0.4) is 0 Å². The zero-order valence-electron chi connectivity index (χ0n) is 15.0. The van der Waals surface area contributed by atoms with E-state index >= 15 is 0 Å². The molecule has 0 aliphatic heterocycles. The third-order valence-electron chi connectivity index (χ3n) is 4.36. The Morgan fingerprint density at radius 1 is 1.07 bits per heavy atom. The van der Waals surface area contributed by atoms with E-state index < -0.39 is 0 Å². The van der Waals surface area contributed by atoms with Gasteiger partial charge in [0.25, 0.3) is 5.91 Å². The standard InChI is InChI=1S/C21H20N4OS/c1-23(21(26)20-19(9-12-27-20)24-10-5-6-11-24)14-18-13-22-25(16-18)15-17-7-3-2-4-8-17/h2-13,16H,14-15H2,1H3. The Balaban J connectivity index is 1.45. The molecule has 3 aromatic heterocycles. The zero-order chi connectivity index (χ0) is 18.6. The molecule has 4 aromatic rings. The maximum Gasteiger partial charge on any atom is 0.266 e. The lowest BCUT2D eigenvalue weighted by Gasteiger charge is -2.16. The van der Waals surface area contributed by atoms with Crippen LogP contribution in [0.4, 0.5) is 0 Å². The Hall–Kier alpha value is -3.12. The average molecular weight is 376 g/mol. The van der Waals surface area contributed by atoms with E-state index in [2.05, 4.69) is 17.2 Å². The number of hydrogen-bond acceptors (Lipinski definition) is 3. The molecule has 6 heteroatoms. The average Bonchev–Trinajstić information content (AvgIpc) is 3.43. The van der Waals surface area contributed by atoms with E-state index in [1.807, 2.05) is 82.9 Å². The van der Waals surface area contributed by atoms with Gasteiger partial charge in [0.15, 0.2) is 0 Å². The summed E-state index contributed by atoms with van der Waals surface area (Å²) in [5, 5.41) is 6.37. The molecule has 0 bridgehead atoms. The largest absolute Gasteiger partial charge is 0.336 e. The molecule has 5 nitrogen and oxygen atoms in total. The minimum absolute atomic E-state index is 0.0181. The van der Waals surface area contributed by atoms with Crippen molar-refractivity contribution in [1.82, 2.24) is 19.2 Å². The Morgan fingerprint density at radius 2 is 1.85 bits per heavy atom. The topological polar surface area (TPSA) is 43.1 Å². The van der Waals surface area contributed by atoms with Crippen LogP contribution in [0, 0.1) is 0 Å². The summed E-state index contributed by atoms with van der Waals surface area (Å²) in [4.78, 5) is 15.4. The number of thiophene rings is 1. The second-order valence-electron chi connectivity index (χ2n) is 6.42. The highest BCUT2D eigenvalue weighted by Crippen LogP contribution is 2.23. The number of aromatic nitrogens is 3. The number of nitrogens with zero attached hydrogens (tertiary/aromatic N) is 4. The van der Waals surface area contributed by atoms with Gasteiger partial charge < -0.3 is 9.47 Å². The first kappa shape index (κ1) is 17.3. The Kier molecular flexibility index (Phi) is 4.89. The van der Waals surface area contributed by atoms with Gasteiger partial charge in [0, 0.05) is 37.7 Å². The van der Waals surface area contributed by atoms with E-state index in [0.717, 1.165) is 22.7 Å². The van der Waals surface area contributed by atoms with Crippen molar-refractivity contribution in [2.45, 2.75) is 13.1 Å². The molecule has 1 amide bonds. The lowest BCUT2D eigenvalue weighted by Crippen LogP contribution is -2.26. The van der Waals surface area contributed by atoms with Crippen LogP contribution in [-0.2, 0) is 13.1 Å². The van der Waals surface area contributed by atoms with Gasteiger partial charge in [0.2, 0.25) is 0 Å². The summed E-state index contributed by atoms with van der Waals surface area (Å²) in [6.45, 7) is 1.25. The van der Waals surface area contributed by atoms with Crippen LogP contribution in [0.25, 0.3) is 5.69 Å². The Morgan fingerprint density at radius 3 is 2.63 bits per heavy atom. The Bertz CT molecular complexity index is 1020. The van der Waals surface area contributed by atoms with Gasteiger partial charge in [-0.25, -0.2) is 0 Å². The van der Waals surface area contributed by atoms with Gasteiger partial charge in [-0.05, 0) is 29.1 Å². The lowest BCUT2D eigenvalue weighted by atomic mass is 10.2. The molecule has 3 heterocycles. The fraction of sp³-hybridized carbons (Fsp3) is 0.143. The summed E-state index contributed by atoms with van der Waals surface area (Å²) in [6, 6.07) is 16.1. The van der Waals surface area contributed by atoms with Crippen molar-refractivity contribution < 1.29 is 4.79 Å². The number of rotatable bonds is 6. The molecule has 27 heavy (non-hydrogen) atoms. The van der Waals surface area contributed by atoms with E-state index in [1.54, 1.807) is 4.90 Å². The normalized spacial score (nSPS) is 10.9. The van der Waals surface area contributed by atoms with Gasteiger partial charge in [-0.1, -0.05) is 30.3 Å². The quantitative estimate of drug-likeness (QED) is 0.509. The number of hydrogen-bond donors (Lipinski definition) is 0. The first-order valence-corrected chi connectivity index (χ1v) is 9.60. The summed E-state index contributed by atoms with van der Waals surface area (Å²) in [6.07, 6.45) is 7.73. The summed E-state index contributed by atoms with van der Waals surface area (Å²) in [7, 11) is 1.83. The highest BCUT2D eigenvalue weighted by Gasteiger charge is 2.19. The van der Waals surface area contributed by atoms with Gasteiger partial charge in [-0.2, -0.15) is 5.10 Å². The summed E-state index contributed by atoms with van der Waals surface area (Å²) >= 11 is 1.47. The van der Waals surface area contributed by atoms with Crippen LogP contribution in [0.1, 0.15) is 20.8 Å². The second kappa shape index (κ2) is 7.63. The lowest BCUT2D eigenvalue weighted by molar-refractivity contribution is 0.0790. The molecule has 0 fully saturated rings. The molecule has 0 saturated heterocycles. The van der Waals surface area contributed by atoms with E-state index in [-0.39, 0.29) is 5.91 Å². The van der Waals surface area contributed by atoms with Crippen molar-refractivity contribution in [3.05, 3.63) is 94.7 Å². The molecule has 0 N–H and O–H groups in total. The highest BCUT2D eigenvalue weighted by atomic mass is 32.1. The van der Waals surface area contributed by atoms with Crippen LogP contribution in [-0.4, -0.2) is 32.2 Å². The molecule has 0 aliphatic carbocycles. The van der Waals surface area contributed by atoms with E-state index in [0.29, 0.717) is 6.54 Å². The summed E-state index contributed by atoms with van der Waals surface area (Å²) < 4.78 is 3.87. The van der Waals surface area contributed by atoms with Gasteiger partial charge in [0.05, 0.1) is 18.4 Å². The predicted octanol–water partition coefficient (Wildman–Crippen LogP) is 4.06. The van der Waals surface area contributed by atoms with E-state index in [4.69, 9.17) is 0 Å². The maximum atomic E-state index is 12.9. The number of carbonyl (C=O) groups excluding carboxylic acids is 1. The summed E-state index contributed by atoms with van der Waals surface area (Å²) in [5.41, 5.74) is 3.13. The van der Waals surface area contributed by atoms with Crippen molar-refractivity contribution in [3.8, 4) is 5.69 Å². The Labute approximate surface area is 162 Å². The fourth-order valence-electron chi connectivity index (χ4n) is 3.02. The first-order valence-electron chi connectivity index (χ1n) is 8.72. The minimum atomic E-state index is 0.0181. The maximum absolute atomic E-state index is 12.9. The van der Waals surface area contributed by atoms with Crippen LogP contribution in [0.2, 0.25) is 0 Å². The van der Waals surface area contributed by atoms with Crippen LogP contribution in [0.5, 0.6) is 0 Å². The summed E-state index contributed by atoms with van der Waals surface area (Å²) in [5.74, 6) is 0.0181. The van der Waals surface area contributed by atoms with Crippen LogP contribution in [0.15, 0.2) is 78.7 Å². The molecule has 0 aliphatic rings. The first-order chi connectivity index (χ1) is 13.2. The fourth-order valence-corrected chi connectivity index (χ4v) is 3.91. The van der Waals surface area contributed by atoms with Gasteiger partial charge in [0.1, 0.15) is 4.88 Å². The van der Waals surface area contributed by atoms with Crippen LogP contribution >= 0.6 is 11.3 Å². The molecule has 0 unspecified atom stereocenters. The van der Waals surface area contributed by atoms with Crippen molar-refractivity contribution in [3.63, 3.8) is 0 Å². The highest BCUT2D eigenvalue weighted by molar-refractivity contribution is 7.12. The number of benzene rings is 1. The van der Waals surface area contributed by atoms with E-state index in [1.165, 1.54) is 16.9 Å². The monoisotopic (exact) mass is 376 g/mol. The van der Waals surface area contributed by atoms with Crippen molar-refractivity contribution in [2.75, 3.05) is 7.05 Å². The third-order valence-corrected chi connectivity index (χ3v) is 5.25. The molecule has 0 radical (unpaired) electrons. The SMILES string of the molecule is CN(Cc1cnn(Cc2ccccc2)c1)C(=O)c1sccc1-n1cccc1. The second-order valence-corrected chi connectivity index (χ2v) is 7.33. The molecule has 0 saturated carbocycles. The van der Waals surface area contributed by atoms with Crippen molar-refractivity contribution in [2.24, 2.45) is 0 Å². The van der Waals surface area contributed by atoms with Crippen molar-refractivity contribution >= 4 is 17.2 Å². The molecular weight excluding hydrogens is 356 g/mol. The minimum Gasteiger partial charge on any atom is -0.336 e. The van der Waals surface area contributed by atoms with Crippen molar-refractivity contribution in [1.29, 1.82) is 0 Å². The van der Waals surface area contributed by atoms with Gasteiger partial charge in [-0.15, -0.1) is 11.3 Å². The predicted molar refractivity (Wildman–Crippen MR) is 107 cm³/mol. The van der Waals surface area contributed by atoms with Gasteiger partial charge in [-0.3, -0.25) is 9.48 Å². The molecule has 0 atom stereocenters. The molecular formula is C21H20N4OS. The molecule has 4 rings (SSSR count). The van der Waals surface area contributed by atoms with Gasteiger partial charge >= 0.3 is 0 Å². The molecule has 1 aromatic carbocycles. The zero-order valence-corrected chi connectivity index (χ0v) is 15.8.